The lowest BCUT2D eigenvalue weighted by Crippen LogP contribution is -2.09. The first-order valence-electron chi connectivity index (χ1n) is 10.8. The predicted molar refractivity (Wildman–Crippen MR) is 119 cm³/mol. The molecule has 0 fully saturated rings. The molecule has 5 nitrogen and oxygen atoms in total. The van der Waals surface area contributed by atoms with Gasteiger partial charge in [-0.25, -0.2) is 14.5 Å². The summed E-state index contributed by atoms with van der Waals surface area (Å²) in [4.78, 5) is 16.0. The Kier molecular flexibility index (Phi) is 7.03. The summed E-state index contributed by atoms with van der Waals surface area (Å²) in [6.07, 6.45) is 2.77. The number of hydrogen-bond acceptors (Lipinski definition) is 3. The highest BCUT2D eigenvalue weighted by molar-refractivity contribution is 5.87. The van der Waals surface area contributed by atoms with Crippen molar-refractivity contribution in [2.24, 2.45) is 0 Å². The highest BCUT2D eigenvalue weighted by Crippen LogP contribution is 2.22. The predicted octanol–water partition coefficient (Wildman–Crippen LogP) is 5.64. The van der Waals surface area contributed by atoms with Crippen LogP contribution >= 0.6 is 0 Å². The van der Waals surface area contributed by atoms with E-state index >= 15 is 0 Å². The number of carboxylic acid groups (broad SMARTS) is 1. The van der Waals surface area contributed by atoms with E-state index in [9.17, 15) is 4.79 Å². The molecule has 3 rings (SSSR count). The molecule has 2 aromatic carbocycles. The molecule has 1 aromatic heterocycles. The van der Waals surface area contributed by atoms with Crippen molar-refractivity contribution in [2.75, 3.05) is 0 Å². The van der Waals surface area contributed by atoms with Gasteiger partial charge in [-0.2, -0.15) is 5.10 Å². The third kappa shape index (κ3) is 5.15. The van der Waals surface area contributed by atoms with Gasteiger partial charge in [0.15, 0.2) is 5.82 Å². The van der Waals surface area contributed by atoms with E-state index in [0.717, 1.165) is 35.6 Å². The zero-order valence-corrected chi connectivity index (χ0v) is 18.3. The molecule has 0 spiro atoms. The van der Waals surface area contributed by atoms with Gasteiger partial charge in [0.25, 0.3) is 0 Å². The molecule has 30 heavy (non-hydrogen) atoms. The Morgan fingerprint density at radius 1 is 0.967 bits per heavy atom. The van der Waals surface area contributed by atoms with Crippen LogP contribution in [0.4, 0.5) is 0 Å². The quantitative estimate of drug-likeness (QED) is 0.500. The molecule has 2 atom stereocenters. The minimum atomic E-state index is -0.895. The molecule has 1 N–H and O–H groups in total. The van der Waals surface area contributed by atoms with Gasteiger partial charge in [-0.15, -0.1) is 0 Å². The first-order chi connectivity index (χ1) is 14.4. The maximum atomic E-state index is 11.2. The standard InChI is InChI=1S/C25H31N3O2/c1-5-17(3)23-26-24(18(4)6-2)28(27-23)16-20-12-10-19(11-13-20)14-21-8-7-9-22(15-21)25(29)30/h7-13,15,17-18H,5-6,14,16H2,1-4H3,(H,29,30). The molecule has 0 amide bonds. The summed E-state index contributed by atoms with van der Waals surface area (Å²) < 4.78 is 2.06. The van der Waals surface area contributed by atoms with Crippen LogP contribution in [0.5, 0.6) is 0 Å². The van der Waals surface area contributed by atoms with Crippen LogP contribution in [-0.4, -0.2) is 25.8 Å². The monoisotopic (exact) mass is 405 g/mol. The first kappa shape index (κ1) is 21.8. The van der Waals surface area contributed by atoms with Gasteiger partial charge in [0.05, 0.1) is 12.1 Å². The number of carbonyl (C=O) groups is 1. The minimum absolute atomic E-state index is 0.324. The summed E-state index contributed by atoms with van der Waals surface area (Å²) in [5, 5.41) is 14.0. The zero-order chi connectivity index (χ0) is 21.7. The number of nitrogens with zero attached hydrogens (tertiary/aromatic N) is 3. The van der Waals surface area contributed by atoms with E-state index in [1.807, 2.05) is 6.07 Å². The maximum absolute atomic E-state index is 11.2. The van der Waals surface area contributed by atoms with Crippen LogP contribution in [0.25, 0.3) is 0 Å². The highest BCUT2D eigenvalue weighted by Gasteiger charge is 2.18. The van der Waals surface area contributed by atoms with E-state index in [4.69, 9.17) is 15.2 Å². The Morgan fingerprint density at radius 2 is 1.63 bits per heavy atom. The second-order valence-electron chi connectivity index (χ2n) is 8.10. The summed E-state index contributed by atoms with van der Waals surface area (Å²) in [6, 6.07) is 15.6. The fourth-order valence-electron chi connectivity index (χ4n) is 3.41. The topological polar surface area (TPSA) is 68.0 Å². The second kappa shape index (κ2) is 9.70. The Balaban J connectivity index is 1.76. The van der Waals surface area contributed by atoms with E-state index in [0.29, 0.717) is 30.4 Å². The lowest BCUT2D eigenvalue weighted by molar-refractivity contribution is 0.0696. The molecule has 0 saturated carbocycles. The summed E-state index contributed by atoms with van der Waals surface area (Å²) in [6.45, 7) is 9.43. The molecule has 5 heteroatoms. The van der Waals surface area contributed by atoms with E-state index in [-0.39, 0.29) is 0 Å². The molecule has 0 aliphatic carbocycles. The summed E-state index contributed by atoms with van der Waals surface area (Å²) in [7, 11) is 0. The van der Waals surface area contributed by atoms with Crippen LogP contribution in [0.1, 0.15) is 91.1 Å². The van der Waals surface area contributed by atoms with Gasteiger partial charge in [0.1, 0.15) is 5.82 Å². The van der Waals surface area contributed by atoms with Crippen LogP contribution in [-0.2, 0) is 13.0 Å². The van der Waals surface area contributed by atoms with Crippen LogP contribution in [0, 0.1) is 0 Å². The fourth-order valence-corrected chi connectivity index (χ4v) is 3.41. The van der Waals surface area contributed by atoms with Gasteiger partial charge in [-0.05, 0) is 48.1 Å². The van der Waals surface area contributed by atoms with Crippen molar-refractivity contribution in [3.8, 4) is 0 Å². The molecule has 0 bridgehead atoms. The smallest absolute Gasteiger partial charge is 0.335 e. The number of aromatic nitrogens is 3. The van der Waals surface area contributed by atoms with Gasteiger partial charge in [-0.3, -0.25) is 0 Å². The Hall–Kier alpha value is -2.95. The first-order valence-corrected chi connectivity index (χ1v) is 10.8. The Bertz CT molecular complexity index is 992. The lowest BCUT2D eigenvalue weighted by atomic mass is 10.0. The van der Waals surface area contributed by atoms with Crippen molar-refractivity contribution >= 4 is 5.97 Å². The normalized spacial score (nSPS) is 13.2. The van der Waals surface area contributed by atoms with Crippen molar-refractivity contribution in [2.45, 2.75) is 65.3 Å². The summed E-state index contributed by atoms with van der Waals surface area (Å²) in [5.74, 6) is 1.83. The second-order valence-corrected chi connectivity index (χ2v) is 8.10. The van der Waals surface area contributed by atoms with Crippen LogP contribution in [0.15, 0.2) is 48.5 Å². The minimum Gasteiger partial charge on any atom is -0.478 e. The molecule has 0 aliphatic rings. The molecule has 1 heterocycles. The fraction of sp³-hybridized carbons (Fsp3) is 0.400. The zero-order valence-electron chi connectivity index (χ0n) is 18.3. The lowest BCUT2D eigenvalue weighted by Gasteiger charge is -2.11. The Labute approximate surface area is 178 Å². The number of rotatable bonds is 9. The average Bonchev–Trinajstić information content (AvgIpc) is 3.18. The molecule has 3 aromatic rings. The van der Waals surface area contributed by atoms with Crippen molar-refractivity contribution in [3.63, 3.8) is 0 Å². The van der Waals surface area contributed by atoms with Gasteiger partial charge in [-0.1, -0.05) is 64.1 Å². The third-order valence-corrected chi connectivity index (χ3v) is 5.76. The summed E-state index contributed by atoms with van der Waals surface area (Å²) >= 11 is 0. The highest BCUT2D eigenvalue weighted by atomic mass is 16.4. The third-order valence-electron chi connectivity index (χ3n) is 5.76. The molecular formula is C25H31N3O2. The largest absolute Gasteiger partial charge is 0.478 e. The molecular weight excluding hydrogens is 374 g/mol. The summed E-state index contributed by atoms with van der Waals surface area (Å²) in [5.41, 5.74) is 3.66. The van der Waals surface area contributed by atoms with Crippen LogP contribution < -0.4 is 0 Å². The van der Waals surface area contributed by atoms with Gasteiger partial charge < -0.3 is 5.11 Å². The van der Waals surface area contributed by atoms with Gasteiger partial charge in [0, 0.05) is 11.8 Å². The molecule has 0 saturated heterocycles. The van der Waals surface area contributed by atoms with Crippen LogP contribution in [0.3, 0.4) is 0 Å². The van der Waals surface area contributed by atoms with Crippen molar-refractivity contribution in [1.82, 2.24) is 14.8 Å². The van der Waals surface area contributed by atoms with E-state index < -0.39 is 5.97 Å². The van der Waals surface area contributed by atoms with Crippen LogP contribution in [0.2, 0.25) is 0 Å². The maximum Gasteiger partial charge on any atom is 0.335 e. The van der Waals surface area contributed by atoms with E-state index in [1.165, 1.54) is 5.56 Å². The molecule has 2 unspecified atom stereocenters. The van der Waals surface area contributed by atoms with Crippen molar-refractivity contribution in [1.29, 1.82) is 0 Å². The van der Waals surface area contributed by atoms with Crippen molar-refractivity contribution in [3.05, 3.63) is 82.4 Å². The van der Waals surface area contributed by atoms with Gasteiger partial charge in [0.2, 0.25) is 0 Å². The number of aromatic carboxylic acids is 1. The number of carboxylic acids is 1. The SMILES string of the molecule is CCC(C)c1nc(C(C)CC)n(Cc2ccc(Cc3cccc(C(=O)O)c3)cc2)n1. The molecule has 0 radical (unpaired) electrons. The Morgan fingerprint density at radius 3 is 2.27 bits per heavy atom. The van der Waals surface area contributed by atoms with E-state index in [2.05, 4.69) is 56.6 Å². The average molecular weight is 406 g/mol. The van der Waals surface area contributed by atoms with Gasteiger partial charge >= 0.3 is 5.97 Å². The number of benzene rings is 2. The van der Waals surface area contributed by atoms with E-state index in [1.54, 1.807) is 18.2 Å². The molecule has 158 valence electrons. The van der Waals surface area contributed by atoms with Crippen molar-refractivity contribution < 1.29 is 9.90 Å². The number of hydrogen-bond donors (Lipinski definition) is 1. The molecule has 0 aliphatic heterocycles.